The van der Waals surface area contributed by atoms with Crippen LogP contribution in [0.4, 0.5) is 0 Å². The van der Waals surface area contributed by atoms with Crippen LogP contribution in [0.2, 0.25) is 0 Å². The Hall–Kier alpha value is -1.12. The molecule has 0 aliphatic rings. The van der Waals surface area contributed by atoms with E-state index in [1.807, 2.05) is 34.8 Å². The first-order chi connectivity index (χ1) is 7.86. The van der Waals surface area contributed by atoms with Crippen LogP contribution in [0.3, 0.4) is 0 Å². The second-order valence-corrected chi connectivity index (χ2v) is 5.37. The van der Waals surface area contributed by atoms with Crippen molar-refractivity contribution in [2.24, 2.45) is 0 Å². The predicted octanol–water partition coefficient (Wildman–Crippen LogP) is 4.93. The molecule has 0 spiro atoms. The highest BCUT2D eigenvalue weighted by molar-refractivity contribution is 7.20. The number of hydrogen-bond donors (Lipinski definition) is 0. The molecule has 0 nitrogen and oxygen atoms in total. The molecule has 2 heterocycles. The topological polar surface area (TPSA) is 0 Å². The maximum Gasteiger partial charge on any atom is 0.0480 e. The summed E-state index contributed by atoms with van der Waals surface area (Å²) >= 11 is 3.63. The first-order valence-corrected chi connectivity index (χ1v) is 6.97. The van der Waals surface area contributed by atoms with E-state index in [4.69, 9.17) is 0 Å². The van der Waals surface area contributed by atoms with Gasteiger partial charge in [-0.2, -0.15) is 0 Å². The van der Waals surface area contributed by atoms with Crippen molar-refractivity contribution in [1.82, 2.24) is 0 Å². The molecular formula is C14H14S2. The van der Waals surface area contributed by atoms with Gasteiger partial charge in [-0.05, 0) is 46.9 Å². The van der Waals surface area contributed by atoms with E-state index in [0.29, 0.717) is 0 Å². The Kier molecular flexibility index (Phi) is 3.75. The summed E-state index contributed by atoms with van der Waals surface area (Å²) in [6.07, 6.45) is 5.83. The molecular weight excluding hydrogens is 232 g/mol. The summed E-state index contributed by atoms with van der Waals surface area (Å²) < 4.78 is 0. The van der Waals surface area contributed by atoms with Gasteiger partial charge in [-0.1, -0.05) is 12.2 Å². The number of hydrogen-bond acceptors (Lipinski definition) is 2. The quantitative estimate of drug-likeness (QED) is 0.656. The van der Waals surface area contributed by atoms with E-state index in [-0.39, 0.29) is 0 Å². The van der Waals surface area contributed by atoms with Gasteiger partial charge in [-0.25, -0.2) is 0 Å². The van der Waals surface area contributed by atoms with E-state index in [1.54, 1.807) is 0 Å². The minimum atomic E-state index is 0.949. The first kappa shape index (κ1) is 11.4. The normalized spacial score (nSPS) is 10.2. The lowest BCUT2D eigenvalue weighted by Crippen LogP contribution is -1.83. The molecule has 0 aliphatic heterocycles. The van der Waals surface area contributed by atoms with Gasteiger partial charge in [0.2, 0.25) is 0 Å². The molecule has 0 aliphatic carbocycles. The van der Waals surface area contributed by atoms with Crippen LogP contribution in [0.15, 0.2) is 48.2 Å². The van der Waals surface area contributed by atoms with Crippen molar-refractivity contribution in [3.05, 3.63) is 59.3 Å². The molecule has 2 aromatic rings. The van der Waals surface area contributed by atoms with E-state index in [2.05, 4.69) is 36.1 Å². The lowest BCUT2D eigenvalue weighted by molar-refractivity contribution is 1.28. The van der Waals surface area contributed by atoms with Crippen LogP contribution in [-0.2, 0) is 12.8 Å². The van der Waals surface area contributed by atoms with Gasteiger partial charge in [0.25, 0.3) is 0 Å². The van der Waals surface area contributed by atoms with Crippen LogP contribution in [0.1, 0.15) is 11.1 Å². The average molecular weight is 246 g/mol. The molecule has 0 bridgehead atoms. The summed E-state index contributed by atoms with van der Waals surface area (Å²) in [6.45, 7) is 7.62. The Morgan fingerprint density at radius 3 is 1.69 bits per heavy atom. The summed E-state index contributed by atoms with van der Waals surface area (Å²) in [7, 11) is 0. The Morgan fingerprint density at radius 1 is 0.875 bits per heavy atom. The van der Waals surface area contributed by atoms with E-state index in [9.17, 15) is 0 Å². The Morgan fingerprint density at radius 2 is 1.31 bits per heavy atom. The molecule has 0 atom stereocenters. The van der Waals surface area contributed by atoms with Crippen LogP contribution in [0, 0.1) is 0 Å². The fourth-order valence-corrected chi connectivity index (χ4v) is 3.81. The van der Waals surface area contributed by atoms with Crippen molar-refractivity contribution in [1.29, 1.82) is 0 Å². The fourth-order valence-electron chi connectivity index (χ4n) is 1.70. The largest absolute Gasteiger partial charge is 0.143 e. The second-order valence-electron chi connectivity index (χ2n) is 3.54. The fraction of sp³-hybridized carbons (Fsp3) is 0.143. The van der Waals surface area contributed by atoms with E-state index in [0.717, 1.165) is 12.8 Å². The van der Waals surface area contributed by atoms with E-state index < -0.39 is 0 Å². The third kappa shape index (κ3) is 2.18. The molecule has 0 aromatic carbocycles. The van der Waals surface area contributed by atoms with Crippen LogP contribution in [-0.4, -0.2) is 0 Å². The van der Waals surface area contributed by atoms with Gasteiger partial charge >= 0.3 is 0 Å². The molecule has 82 valence electrons. The third-order valence-electron chi connectivity index (χ3n) is 2.43. The zero-order valence-corrected chi connectivity index (χ0v) is 10.7. The molecule has 0 N–H and O–H groups in total. The smallest absolute Gasteiger partial charge is 0.0480 e. The summed E-state index contributed by atoms with van der Waals surface area (Å²) in [5.41, 5.74) is 2.76. The highest BCUT2D eigenvalue weighted by Gasteiger charge is 2.10. The lowest BCUT2D eigenvalue weighted by atomic mass is 10.1. The lowest BCUT2D eigenvalue weighted by Gasteiger charge is -2.02. The van der Waals surface area contributed by atoms with Gasteiger partial charge in [0.05, 0.1) is 0 Å². The molecule has 0 fully saturated rings. The molecule has 0 saturated carbocycles. The van der Waals surface area contributed by atoms with Gasteiger partial charge in [-0.15, -0.1) is 35.8 Å². The average Bonchev–Trinajstić information content (AvgIpc) is 2.87. The van der Waals surface area contributed by atoms with Gasteiger partial charge in [0, 0.05) is 9.75 Å². The maximum absolute atomic E-state index is 3.81. The molecule has 0 saturated heterocycles. The molecule has 0 amide bonds. The van der Waals surface area contributed by atoms with Crippen LogP contribution >= 0.6 is 22.7 Å². The van der Waals surface area contributed by atoms with Gasteiger partial charge in [0.1, 0.15) is 0 Å². The van der Waals surface area contributed by atoms with Gasteiger partial charge in [-0.3, -0.25) is 0 Å². The maximum atomic E-state index is 3.81. The monoisotopic (exact) mass is 246 g/mol. The van der Waals surface area contributed by atoms with Crippen molar-refractivity contribution >= 4 is 22.7 Å². The first-order valence-electron chi connectivity index (χ1n) is 5.21. The van der Waals surface area contributed by atoms with Gasteiger partial charge < -0.3 is 0 Å². The molecule has 2 aromatic heterocycles. The van der Waals surface area contributed by atoms with E-state index >= 15 is 0 Å². The van der Waals surface area contributed by atoms with Crippen molar-refractivity contribution in [2.45, 2.75) is 12.8 Å². The molecule has 16 heavy (non-hydrogen) atoms. The van der Waals surface area contributed by atoms with Crippen molar-refractivity contribution < 1.29 is 0 Å². The molecule has 2 rings (SSSR count). The van der Waals surface area contributed by atoms with Crippen LogP contribution in [0.5, 0.6) is 0 Å². The predicted molar refractivity (Wildman–Crippen MR) is 75.4 cm³/mol. The number of allylic oxidation sites excluding steroid dienone is 2. The van der Waals surface area contributed by atoms with Gasteiger partial charge in [0.15, 0.2) is 0 Å². The minimum Gasteiger partial charge on any atom is -0.143 e. The summed E-state index contributed by atoms with van der Waals surface area (Å²) in [5, 5.41) is 4.32. The van der Waals surface area contributed by atoms with Crippen molar-refractivity contribution in [2.75, 3.05) is 0 Å². The van der Waals surface area contributed by atoms with Crippen molar-refractivity contribution in [3.8, 4) is 9.75 Å². The number of rotatable bonds is 5. The highest BCUT2D eigenvalue weighted by atomic mass is 32.1. The highest BCUT2D eigenvalue weighted by Crippen LogP contribution is 2.36. The SMILES string of the molecule is C=CCc1ccsc1-c1sccc1CC=C. The van der Waals surface area contributed by atoms with Crippen LogP contribution in [0.25, 0.3) is 9.75 Å². The summed E-state index contributed by atoms with van der Waals surface area (Å²) in [4.78, 5) is 2.79. The number of thiophene rings is 2. The Bertz CT molecular complexity index is 442. The Balaban J connectivity index is 2.41. The molecule has 2 heteroatoms. The molecule has 0 unspecified atom stereocenters. The summed E-state index contributed by atoms with van der Waals surface area (Å²) in [5.74, 6) is 0. The Labute approximate surface area is 105 Å². The zero-order valence-electron chi connectivity index (χ0n) is 9.11. The van der Waals surface area contributed by atoms with Crippen molar-refractivity contribution in [3.63, 3.8) is 0 Å². The van der Waals surface area contributed by atoms with E-state index in [1.165, 1.54) is 20.9 Å². The van der Waals surface area contributed by atoms with Crippen LogP contribution < -0.4 is 0 Å². The minimum absolute atomic E-state index is 0.949. The zero-order chi connectivity index (χ0) is 11.4. The standard InChI is InChI=1S/C14H14S2/c1-3-5-11-7-9-15-13(11)14-12(6-4-2)8-10-16-14/h3-4,7-10H,1-2,5-6H2. The third-order valence-corrected chi connectivity index (χ3v) is 4.51. The molecule has 0 radical (unpaired) electrons. The summed E-state index contributed by atoms with van der Waals surface area (Å²) in [6, 6.07) is 4.39. The second kappa shape index (κ2) is 5.28.